The number of anilines is 2. The molecule has 0 radical (unpaired) electrons. The van der Waals surface area contributed by atoms with Crippen LogP contribution >= 0.6 is 23.2 Å². The second-order valence-corrected chi connectivity index (χ2v) is 28.9. The van der Waals surface area contributed by atoms with Crippen molar-refractivity contribution in [3.8, 4) is 68.1 Å². The standard InChI is InChI=1S/C31H26F2N6O4.C23H20F2N4O3.C22H19F2N5O3.C8H8N2O2.CH2Cl2/c32-31(33)9-11-39(12-10-31)30(41)20-3-7-26(35-17-20)21-13-22-14-24(43-28(22)25(15-21)29-38-37-18-42-29)6-5-23(40)4-1-19-2-8-27(34)36-16-19;1-2-17-10-16-9-15(11-18(20(16)32-17)21-28-27-13-31-21)19-4-3-14(12-26-19)22(30)29-7-5-23(24,25)6-8-29;23-22(24)3-5-29(6-4-22)21(30)13-1-2-18(26-11-13)14-7-15-8-16(10-25)32-19(15)17(9-14)20-28-27-12-31-20;9-7-3-1-6(5-10-7)2-4-8(11)12;2-1-3/h1-4,7-8,13-18H,5-6,9-12H2,(H2,34,36);3-4,9-13H,2,5-8H2,1H3;1-2,7-9,11-12H,3-6,10,25H2;1-5H,(H2,9,10)(H,11,12);1H2/b4-1+;;;4-2+;. The lowest BCUT2D eigenvalue weighted by Crippen LogP contribution is -2.42. The maximum Gasteiger partial charge on any atom is 0.328 e. The van der Waals surface area contributed by atoms with Gasteiger partial charge in [0.2, 0.25) is 19.2 Å². The third kappa shape index (κ3) is 21.8. The Balaban J connectivity index is 0.000000147. The molecule has 3 saturated heterocycles. The van der Waals surface area contributed by atoms with Crippen LogP contribution in [0.4, 0.5) is 38.0 Å². The Labute approximate surface area is 699 Å². The van der Waals surface area contributed by atoms with E-state index in [9.17, 15) is 50.3 Å². The number of nitrogens with zero attached hydrogens (tertiary/aromatic N) is 14. The van der Waals surface area contributed by atoms with E-state index in [2.05, 4.69) is 55.5 Å². The molecule has 0 saturated carbocycles. The first-order valence-electron chi connectivity index (χ1n) is 38.0. The smallest absolute Gasteiger partial charge is 0.328 e. The molecule has 0 spiro atoms. The van der Waals surface area contributed by atoms with Gasteiger partial charge in [-0.2, -0.15) is 0 Å². The summed E-state index contributed by atoms with van der Waals surface area (Å²) >= 11 is 9.53. The van der Waals surface area contributed by atoms with Gasteiger partial charge in [0.15, 0.2) is 5.78 Å². The van der Waals surface area contributed by atoms with Gasteiger partial charge >= 0.3 is 5.97 Å². The number of ketones is 1. The number of fused-ring (bicyclic) bond motifs is 3. The largest absolute Gasteiger partial charge is 0.478 e. The highest BCUT2D eigenvalue weighted by atomic mass is 35.5. The Bertz CT molecular complexity index is 5810. The molecule has 14 heterocycles. The number of carboxylic acids is 1. The minimum Gasteiger partial charge on any atom is -0.478 e. The van der Waals surface area contributed by atoms with Gasteiger partial charge in [-0.15, -0.1) is 53.8 Å². The van der Waals surface area contributed by atoms with Gasteiger partial charge in [-0.1, -0.05) is 6.92 Å². The second-order valence-electron chi connectivity index (χ2n) is 28.1. The number of amides is 3. The maximum absolute atomic E-state index is 13.5. The van der Waals surface area contributed by atoms with Gasteiger partial charge < -0.3 is 63.5 Å². The fraction of sp³-hybridized carbons (Fsp3) is 0.247. The molecule has 122 heavy (non-hydrogen) atoms. The average molecular weight is 1710 g/mol. The van der Waals surface area contributed by atoms with E-state index in [0.717, 1.165) is 51.1 Å². The summed E-state index contributed by atoms with van der Waals surface area (Å²) in [5.41, 5.74) is 26.8. The number of furan rings is 3. The average Bonchev–Trinajstić information content (AvgIpc) is 1.61. The van der Waals surface area contributed by atoms with Crippen LogP contribution < -0.4 is 17.2 Å². The number of allylic oxidation sites excluding steroid dienone is 1. The number of piperidine rings is 3. The number of carbonyl (C=O) groups is 5. The number of benzene rings is 3. The monoisotopic (exact) mass is 1710 g/mol. The molecule has 3 fully saturated rings. The van der Waals surface area contributed by atoms with Gasteiger partial charge in [0.1, 0.15) is 45.7 Å². The first-order chi connectivity index (χ1) is 58.7. The first kappa shape index (κ1) is 86.1. The number of pyridine rings is 5. The molecule has 0 atom stereocenters. The lowest BCUT2D eigenvalue weighted by molar-refractivity contribution is -0.131. The molecule has 3 aliphatic rings. The summed E-state index contributed by atoms with van der Waals surface area (Å²) < 4.78 is 115. The number of carbonyl (C=O) groups excluding carboxylic acids is 4. The predicted octanol–water partition coefficient (Wildman–Crippen LogP) is 16.6. The van der Waals surface area contributed by atoms with Crippen LogP contribution in [0.2, 0.25) is 0 Å². The number of hydrogen-bond donors (Lipinski definition) is 4. The maximum atomic E-state index is 13.5. The summed E-state index contributed by atoms with van der Waals surface area (Å²) in [7, 11) is 0. The highest BCUT2D eigenvalue weighted by molar-refractivity contribution is 6.40. The quantitative estimate of drug-likeness (QED) is 0.0352. The van der Waals surface area contributed by atoms with Crippen molar-refractivity contribution in [3.63, 3.8) is 0 Å². The van der Waals surface area contributed by atoms with Crippen LogP contribution in [0.5, 0.6) is 0 Å². The first-order valence-corrected chi connectivity index (χ1v) is 39.0. The minimum absolute atomic E-state index is 0.00254. The lowest BCUT2D eigenvalue weighted by atomic mass is 10.0. The molecule has 17 rings (SSSR count). The molecular weight excluding hydrogens is 1640 g/mol. The summed E-state index contributed by atoms with van der Waals surface area (Å²) in [6.07, 6.45) is 16.3. The van der Waals surface area contributed by atoms with Gasteiger partial charge in [0, 0.05) is 167 Å². The molecular formula is C85H75Cl2F6N17O12. The Morgan fingerprint density at radius 2 is 0.803 bits per heavy atom. The number of hydrogen-bond acceptors (Lipinski definition) is 25. The predicted molar refractivity (Wildman–Crippen MR) is 439 cm³/mol. The van der Waals surface area contributed by atoms with Crippen LogP contribution in [0.15, 0.2) is 204 Å². The Hall–Kier alpha value is -13.8. The van der Waals surface area contributed by atoms with Crippen LogP contribution in [0, 0.1) is 0 Å². The minimum atomic E-state index is -2.73. The Morgan fingerprint density at radius 3 is 1.11 bits per heavy atom. The summed E-state index contributed by atoms with van der Waals surface area (Å²) in [4.78, 5) is 86.3. The Morgan fingerprint density at radius 1 is 0.459 bits per heavy atom. The van der Waals surface area contributed by atoms with Crippen LogP contribution in [-0.2, 0) is 29.0 Å². The van der Waals surface area contributed by atoms with Crippen LogP contribution in [0.1, 0.15) is 111 Å². The third-order valence-electron chi connectivity index (χ3n) is 19.7. The van der Waals surface area contributed by atoms with Crippen molar-refractivity contribution in [1.82, 2.24) is 70.2 Å². The highest BCUT2D eigenvalue weighted by Crippen LogP contribution is 2.40. The van der Waals surface area contributed by atoms with Crippen molar-refractivity contribution in [2.75, 3.05) is 56.1 Å². The molecule has 3 aliphatic heterocycles. The molecule has 3 aromatic carbocycles. The zero-order valence-corrected chi connectivity index (χ0v) is 66.4. The van der Waals surface area contributed by atoms with Gasteiger partial charge in [-0.25, -0.2) is 41.1 Å². The highest BCUT2D eigenvalue weighted by Gasteiger charge is 2.39. The van der Waals surface area contributed by atoms with E-state index in [1.165, 1.54) is 70.8 Å². The van der Waals surface area contributed by atoms with Crippen molar-refractivity contribution in [3.05, 3.63) is 223 Å². The molecule has 0 bridgehead atoms. The fourth-order valence-electron chi connectivity index (χ4n) is 13.3. The number of rotatable bonds is 18. The van der Waals surface area contributed by atoms with Gasteiger partial charge in [-0.3, -0.25) is 34.1 Å². The molecule has 628 valence electrons. The third-order valence-corrected chi connectivity index (χ3v) is 19.7. The van der Waals surface area contributed by atoms with E-state index in [1.54, 1.807) is 79.0 Å². The van der Waals surface area contributed by atoms with Crippen LogP contribution in [0.25, 0.3) is 113 Å². The molecule has 0 aliphatic carbocycles. The molecule has 3 amide bonds. The summed E-state index contributed by atoms with van der Waals surface area (Å²) in [6.45, 7) is 2.39. The van der Waals surface area contributed by atoms with Crippen molar-refractivity contribution < 1.29 is 81.9 Å². The zero-order chi connectivity index (χ0) is 86.2. The second kappa shape index (κ2) is 38.5. The number of nitrogen functional groups attached to an aromatic ring is 2. The summed E-state index contributed by atoms with van der Waals surface area (Å²) in [5.74, 6) is -6.36. The zero-order valence-electron chi connectivity index (χ0n) is 64.9. The Kier molecular flexibility index (Phi) is 27.2. The van der Waals surface area contributed by atoms with Crippen LogP contribution in [0.3, 0.4) is 0 Å². The van der Waals surface area contributed by atoms with E-state index in [0.29, 0.717) is 120 Å². The number of halogens is 8. The van der Waals surface area contributed by atoms with Crippen molar-refractivity contribution >= 4 is 109 Å². The van der Waals surface area contributed by atoms with Gasteiger partial charge in [0.05, 0.1) is 62.3 Å². The summed E-state index contributed by atoms with van der Waals surface area (Å²) in [6, 6.07) is 33.7. The van der Waals surface area contributed by atoms with Crippen LogP contribution in [-0.4, -0.2) is 167 Å². The SMILES string of the molecule is CCc1cc2cc(-c3ccc(C(=O)N4CCC(F)(F)CC4)cn3)cc(-c3nnco3)c2o1.ClCCl.NCc1cc2cc(-c3ccc(C(=O)N4CCC(F)(F)CC4)cn3)cc(-c3nnco3)c2o1.Nc1ccc(/C=C/C(=O)CCc2cc3cc(-c4ccc(C(=O)N5CCC(F)(F)CC5)cn4)cc(-c4nnco4)c3o2)cn1.Nc1ccc(/C=C/C(=O)O)cn1. The molecule has 11 aromatic heterocycles. The molecule has 29 nitrogen and oxygen atoms in total. The number of carboxylic acid groups (broad SMARTS) is 1. The number of nitrogens with two attached hydrogens (primary N) is 3. The van der Waals surface area contributed by atoms with Gasteiger partial charge in [0.25, 0.3) is 53.2 Å². The van der Waals surface area contributed by atoms with Gasteiger partial charge in [-0.05, 0) is 145 Å². The number of aromatic nitrogens is 11. The van der Waals surface area contributed by atoms with E-state index < -0.39 is 23.7 Å². The molecule has 0 unspecified atom stereocenters. The summed E-state index contributed by atoms with van der Waals surface area (Å²) in [5, 5.41) is 34.2. The van der Waals surface area contributed by atoms with Crippen molar-refractivity contribution in [1.29, 1.82) is 0 Å². The fourth-order valence-corrected chi connectivity index (χ4v) is 13.3. The van der Waals surface area contributed by atoms with E-state index in [-0.39, 0.29) is 125 Å². The normalized spacial score (nSPS) is 14.8. The van der Waals surface area contributed by atoms with E-state index in [1.807, 2.05) is 55.5 Å². The molecule has 14 aromatic rings. The topological polar surface area (TPSA) is 414 Å². The number of aliphatic carboxylic acids is 1. The number of aryl methyl sites for hydroxylation is 2. The van der Waals surface area contributed by atoms with Crippen molar-refractivity contribution in [2.24, 2.45) is 5.73 Å². The lowest BCUT2D eigenvalue weighted by Gasteiger charge is -2.31. The number of likely N-dealkylation sites (tertiary alicyclic amines) is 3. The van der Waals surface area contributed by atoms with E-state index >= 15 is 0 Å². The van der Waals surface area contributed by atoms with E-state index in [4.69, 9.17) is 72.0 Å². The number of alkyl halides is 8. The van der Waals surface area contributed by atoms with Crippen molar-refractivity contribution in [2.45, 2.75) is 89.0 Å². The molecule has 7 N–H and O–H groups in total. The molecule has 37 heteroatoms.